The highest BCUT2D eigenvalue weighted by Crippen LogP contribution is 2.24. The van der Waals surface area contributed by atoms with Gasteiger partial charge in [-0.15, -0.1) is 0 Å². The first kappa shape index (κ1) is 16.8. The number of nitrogens with one attached hydrogen (secondary N) is 1. The van der Waals surface area contributed by atoms with Crippen LogP contribution in [0.3, 0.4) is 0 Å². The van der Waals surface area contributed by atoms with Crippen molar-refractivity contribution in [2.45, 2.75) is 26.7 Å². The van der Waals surface area contributed by atoms with Gasteiger partial charge in [-0.05, 0) is 55.5 Å². The molecule has 1 amide bonds. The molecule has 0 atom stereocenters. The van der Waals surface area contributed by atoms with E-state index in [0.717, 1.165) is 42.9 Å². The van der Waals surface area contributed by atoms with Gasteiger partial charge in [0.05, 0.1) is 17.4 Å². The molecular formula is C19H22ClN3O. The molecule has 2 aromatic rings. The van der Waals surface area contributed by atoms with Crippen molar-refractivity contribution in [1.82, 2.24) is 9.88 Å². The molecular weight excluding hydrogens is 322 g/mol. The van der Waals surface area contributed by atoms with Crippen molar-refractivity contribution in [1.29, 1.82) is 0 Å². The summed E-state index contributed by atoms with van der Waals surface area (Å²) in [6.07, 6.45) is 5.51. The summed E-state index contributed by atoms with van der Waals surface area (Å²) in [6, 6.07) is 7.54. The van der Waals surface area contributed by atoms with Crippen molar-refractivity contribution in [3.63, 3.8) is 0 Å². The van der Waals surface area contributed by atoms with Crippen LogP contribution in [0.25, 0.3) is 0 Å². The quantitative estimate of drug-likeness (QED) is 0.881. The number of aromatic nitrogens is 1. The van der Waals surface area contributed by atoms with E-state index in [0.29, 0.717) is 16.5 Å². The third kappa shape index (κ3) is 3.88. The topological polar surface area (TPSA) is 45.2 Å². The van der Waals surface area contributed by atoms with E-state index in [4.69, 9.17) is 11.6 Å². The molecule has 4 nitrogen and oxygen atoms in total. The van der Waals surface area contributed by atoms with Crippen molar-refractivity contribution < 1.29 is 4.79 Å². The highest BCUT2D eigenvalue weighted by Gasteiger charge is 2.21. The summed E-state index contributed by atoms with van der Waals surface area (Å²) >= 11 is 5.99. The number of anilines is 2. The fourth-order valence-corrected chi connectivity index (χ4v) is 3.17. The Bertz CT molecular complexity index is 739. The van der Waals surface area contributed by atoms with Crippen molar-refractivity contribution in [2.75, 3.05) is 18.4 Å². The van der Waals surface area contributed by atoms with E-state index in [2.05, 4.69) is 17.2 Å². The van der Waals surface area contributed by atoms with Crippen LogP contribution in [-0.4, -0.2) is 28.9 Å². The molecule has 0 bridgehead atoms. The van der Waals surface area contributed by atoms with Crippen molar-refractivity contribution in [3.05, 3.63) is 52.8 Å². The Hall–Kier alpha value is -2.07. The zero-order chi connectivity index (χ0) is 17.1. The monoisotopic (exact) mass is 343 g/mol. The maximum Gasteiger partial charge on any atom is 0.255 e. The summed E-state index contributed by atoms with van der Waals surface area (Å²) in [6.45, 7) is 5.88. The van der Waals surface area contributed by atoms with E-state index in [1.807, 2.05) is 36.1 Å². The van der Waals surface area contributed by atoms with E-state index in [9.17, 15) is 4.79 Å². The maximum absolute atomic E-state index is 12.7. The summed E-state index contributed by atoms with van der Waals surface area (Å²) in [5.41, 5.74) is 3.43. The molecule has 24 heavy (non-hydrogen) atoms. The summed E-state index contributed by atoms with van der Waals surface area (Å²) in [5.74, 6) is 0.763. The number of aryl methyl sites for hydroxylation is 1. The fraction of sp³-hybridized carbons (Fsp3) is 0.368. The molecule has 0 spiro atoms. The molecule has 2 heterocycles. The smallest absolute Gasteiger partial charge is 0.255 e. The van der Waals surface area contributed by atoms with Crippen LogP contribution in [0.2, 0.25) is 5.02 Å². The lowest BCUT2D eigenvalue weighted by Gasteiger charge is -2.30. The number of pyridine rings is 1. The molecule has 1 aromatic heterocycles. The predicted octanol–water partition coefficient (Wildman–Crippen LogP) is 4.66. The SMILES string of the molecule is Cc1cc(Cl)ccc1Nc1cncc(C(=O)N2CCC(C)CC2)c1. The number of rotatable bonds is 3. The van der Waals surface area contributed by atoms with Gasteiger partial charge in [0.1, 0.15) is 0 Å². The molecule has 0 radical (unpaired) electrons. The molecule has 1 fully saturated rings. The van der Waals surface area contributed by atoms with Crippen molar-refractivity contribution in [3.8, 4) is 0 Å². The average Bonchev–Trinajstić information content (AvgIpc) is 2.58. The minimum absolute atomic E-state index is 0.0610. The van der Waals surface area contributed by atoms with Crippen molar-refractivity contribution in [2.24, 2.45) is 5.92 Å². The number of likely N-dealkylation sites (tertiary alicyclic amines) is 1. The molecule has 126 valence electrons. The van der Waals surface area contributed by atoms with Crippen LogP contribution in [0.4, 0.5) is 11.4 Å². The number of benzene rings is 1. The van der Waals surface area contributed by atoms with Gasteiger partial charge in [0.25, 0.3) is 5.91 Å². The number of hydrogen-bond donors (Lipinski definition) is 1. The maximum atomic E-state index is 12.7. The minimum atomic E-state index is 0.0610. The predicted molar refractivity (Wildman–Crippen MR) is 98.0 cm³/mol. The van der Waals surface area contributed by atoms with Crippen LogP contribution < -0.4 is 5.32 Å². The average molecular weight is 344 g/mol. The summed E-state index contributed by atoms with van der Waals surface area (Å²) in [7, 11) is 0. The van der Waals surface area contributed by atoms with Crippen LogP contribution in [0.1, 0.15) is 35.7 Å². The Morgan fingerprint density at radius 3 is 2.71 bits per heavy atom. The number of nitrogens with zero attached hydrogens (tertiary/aromatic N) is 2. The first-order valence-electron chi connectivity index (χ1n) is 8.30. The Morgan fingerprint density at radius 2 is 2.00 bits per heavy atom. The molecule has 1 aliphatic heterocycles. The van der Waals surface area contributed by atoms with Gasteiger partial charge in [-0.1, -0.05) is 18.5 Å². The highest BCUT2D eigenvalue weighted by molar-refractivity contribution is 6.30. The Kier molecular flexibility index (Phi) is 5.05. The lowest BCUT2D eigenvalue weighted by atomic mass is 9.99. The summed E-state index contributed by atoms with van der Waals surface area (Å²) in [4.78, 5) is 18.8. The Balaban J connectivity index is 1.75. The van der Waals surface area contributed by atoms with Gasteiger partial charge in [0.15, 0.2) is 0 Å². The molecule has 5 heteroatoms. The minimum Gasteiger partial charge on any atom is -0.354 e. The van der Waals surface area contributed by atoms with Gasteiger partial charge in [-0.25, -0.2) is 0 Å². The number of carbonyl (C=O) groups excluding carboxylic acids is 1. The fourth-order valence-electron chi connectivity index (χ4n) is 2.94. The number of hydrogen-bond acceptors (Lipinski definition) is 3. The highest BCUT2D eigenvalue weighted by atomic mass is 35.5. The van der Waals surface area contributed by atoms with Crippen LogP contribution >= 0.6 is 11.6 Å². The van der Waals surface area contributed by atoms with Crippen LogP contribution in [0, 0.1) is 12.8 Å². The second kappa shape index (κ2) is 7.22. The second-order valence-corrected chi connectivity index (χ2v) is 6.96. The Morgan fingerprint density at radius 1 is 1.25 bits per heavy atom. The third-order valence-corrected chi connectivity index (χ3v) is 4.76. The first-order valence-corrected chi connectivity index (χ1v) is 8.68. The molecule has 0 aliphatic carbocycles. The first-order chi connectivity index (χ1) is 11.5. The van der Waals surface area contributed by atoms with Gasteiger partial charge in [-0.2, -0.15) is 0 Å². The normalized spacial score (nSPS) is 15.4. The van der Waals surface area contributed by atoms with Gasteiger partial charge in [-0.3, -0.25) is 9.78 Å². The van der Waals surface area contributed by atoms with Crippen molar-refractivity contribution >= 4 is 28.9 Å². The number of piperidine rings is 1. The summed E-state index contributed by atoms with van der Waals surface area (Å²) in [5, 5.41) is 4.02. The lowest BCUT2D eigenvalue weighted by molar-refractivity contribution is 0.0697. The molecule has 1 aromatic carbocycles. The third-order valence-electron chi connectivity index (χ3n) is 4.52. The van der Waals surface area contributed by atoms with Crippen LogP contribution in [-0.2, 0) is 0 Å². The van der Waals surface area contributed by atoms with Crippen LogP contribution in [0.15, 0.2) is 36.7 Å². The number of amides is 1. The zero-order valence-electron chi connectivity index (χ0n) is 14.1. The van der Waals surface area contributed by atoms with E-state index in [-0.39, 0.29) is 5.91 Å². The van der Waals surface area contributed by atoms with Gasteiger partial charge in [0.2, 0.25) is 0 Å². The van der Waals surface area contributed by atoms with Gasteiger partial charge in [0, 0.05) is 30.0 Å². The molecule has 0 saturated carbocycles. The second-order valence-electron chi connectivity index (χ2n) is 6.52. The molecule has 3 rings (SSSR count). The molecule has 1 N–H and O–H groups in total. The van der Waals surface area contributed by atoms with E-state index in [1.165, 1.54) is 0 Å². The largest absolute Gasteiger partial charge is 0.354 e. The lowest BCUT2D eigenvalue weighted by Crippen LogP contribution is -2.37. The van der Waals surface area contributed by atoms with E-state index in [1.54, 1.807) is 12.4 Å². The van der Waals surface area contributed by atoms with Crippen LogP contribution in [0.5, 0.6) is 0 Å². The number of carbonyl (C=O) groups is 1. The van der Waals surface area contributed by atoms with E-state index >= 15 is 0 Å². The Labute approximate surface area is 147 Å². The van der Waals surface area contributed by atoms with Gasteiger partial charge >= 0.3 is 0 Å². The summed E-state index contributed by atoms with van der Waals surface area (Å²) < 4.78 is 0. The van der Waals surface area contributed by atoms with Gasteiger partial charge < -0.3 is 10.2 Å². The molecule has 1 saturated heterocycles. The molecule has 0 unspecified atom stereocenters. The standard InChI is InChI=1S/C19H22ClN3O/c1-13-5-7-23(8-6-13)19(24)15-10-17(12-21-11-15)22-18-4-3-16(20)9-14(18)2/h3-4,9-13,22H,5-8H2,1-2H3. The van der Waals surface area contributed by atoms with E-state index < -0.39 is 0 Å². The molecule has 1 aliphatic rings. The zero-order valence-corrected chi connectivity index (χ0v) is 14.8. The number of halogens is 1.